The van der Waals surface area contributed by atoms with Gasteiger partial charge in [-0.25, -0.2) is 4.79 Å². The van der Waals surface area contributed by atoms with Crippen molar-refractivity contribution in [2.24, 2.45) is 0 Å². The second-order valence-electron chi connectivity index (χ2n) is 6.17. The Bertz CT molecular complexity index is 717. The third-order valence-electron chi connectivity index (χ3n) is 4.23. The van der Waals surface area contributed by atoms with Crippen molar-refractivity contribution in [3.63, 3.8) is 0 Å². The van der Waals surface area contributed by atoms with E-state index in [4.69, 9.17) is 4.74 Å². The molecule has 3 rings (SSSR count). The molecule has 6 nitrogen and oxygen atoms in total. The van der Waals surface area contributed by atoms with Crippen LogP contribution in [0.1, 0.15) is 24.1 Å². The largest absolute Gasteiger partial charge is 0.504 e. The van der Waals surface area contributed by atoms with Crippen LogP contribution in [0.25, 0.3) is 0 Å². The summed E-state index contributed by atoms with van der Waals surface area (Å²) >= 11 is 0. The van der Waals surface area contributed by atoms with Crippen molar-refractivity contribution in [3.05, 3.63) is 53.9 Å². The normalized spacial score (nSPS) is 13.3. The van der Waals surface area contributed by atoms with Crippen molar-refractivity contribution in [3.8, 4) is 11.5 Å². The Hall–Kier alpha value is -2.76. The van der Waals surface area contributed by atoms with Crippen molar-refractivity contribution in [1.82, 2.24) is 15.2 Å². The van der Waals surface area contributed by atoms with E-state index in [1.54, 1.807) is 18.3 Å². The first-order chi connectivity index (χ1) is 12.2. The van der Waals surface area contributed by atoms with Gasteiger partial charge in [0.15, 0.2) is 11.5 Å². The lowest BCUT2D eigenvalue weighted by Crippen LogP contribution is -2.41. The summed E-state index contributed by atoms with van der Waals surface area (Å²) in [6.45, 7) is 1.05. The number of phenolic OH excluding ortho intramolecular Hbond substituents is 1. The van der Waals surface area contributed by atoms with Gasteiger partial charge in [-0.15, -0.1) is 0 Å². The second-order valence-corrected chi connectivity index (χ2v) is 6.17. The predicted molar refractivity (Wildman–Crippen MR) is 94.6 cm³/mol. The van der Waals surface area contributed by atoms with E-state index in [1.807, 2.05) is 29.2 Å². The molecule has 2 aromatic rings. The average Bonchev–Trinajstić information content (AvgIpc) is 3.46. The summed E-state index contributed by atoms with van der Waals surface area (Å²) in [5.41, 5.74) is 1.89. The second kappa shape index (κ2) is 7.88. The maximum absolute atomic E-state index is 12.6. The number of carbonyl (C=O) groups excluding carboxylic acids is 1. The first-order valence-electron chi connectivity index (χ1n) is 8.47. The summed E-state index contributed by atoms with van der Waals surface area (Å²) in [7, 11) is 1.52. The van der Waals surface area contributed by atoms with Crippen molar-refractivity contribution < 1.29 is 14.6 Å². The number of methoxy groups -OCH3 is 1. The fourth-order valence-corrected chi connectivity index (χ4v) is 2.72. The van der Waals surface area contributed by atoms with Crippen molar-refractivity contribution in [1.29, 1.82) is 0 Å². The molecule has 1 heterocycles. The fourth-order valence-electron chi connectivity index (χ4n) is 2.72. The molecule has 1 aliphatic rings. The van der Waals surface area contributed by atoms with Gasteiger partial charge in [-0.3, -0.25) is 4.98 Å². The topological polar surface area (TPSA) is 74.7 Å². The lowest BCUT2D eigenvalue weighted by molar-refractivity contribution is 0.192. The minimum Gasteiger partial charge on any atom is -0.504 e. The molecule has 0 aliphatic heterocycles. The molecule has 25 heavy (non-hydrogen) atoms. The standard InChI is InChI=1S/C19H23N3O3/c1-25-18-12-14(5-8-17(18)23)13-22(16-6-7-16)19(24)21-11-9-15-4-2-3-10-20-15/h2-5,8,10,12,16,23H,6-7,9,11,13H2,1H3,(H,21,24). The Kier molecular flexibility index (Phi) is 5.38. The zero-order valence-electron chi connectivity index (χ0n) is 14.3. The molecule has 0 saturated heterocycles. The molecular formula is C19H23N3O3. The number of phenols is 1. The van der Waals surface area contributed by atoms with Gasteiger partial charge < -0.3 is 20.1 Å². The van der Waals surface area contributed by atoms with E-state index in [0.29, 0.717) is 25.3 Å². The number of aromatic hydroxyl groups is 1. The Morgan fingerprint density at radius 3 is 2.88 bits per heavy atom. The molecule has 2 N–H and O–H groups in total. The third-order valence-corrected chi connectivity index (χ3v) is 4.23. The van der Waals surface area contributed by atoms with Crippen LogP contribution in [-0.4, -0.2) is 40.7 Å². The number of nitrogens with zero attached hydrogens (tertiary/aromatic N) is 2. The van der Waals surface area contributed by atoms with Crippen LogP contribution in [0.3, 0.4) is 0 Å². The first-order valence-corrected chi connectivity index (χ1v) is 8.47. The van der Waals surface area contributed by atoms with Gasteiger partial charge in [0, 0.05) is 37.4 Å². The van der Waals surface area contributed by atoms with E-state index < -0.39 is 0 Å². The lowest BCUT2D eigenvalue weighted by atomic mass is 10.2. The molecule has 1 aliphatic carbocycles. The van der Waals surface area contributed by atoms with E-state index in [2.05, 4.69) is 10.3 Å². The number of hydrogen-bond acceptors (Lipinski definition) is 4. The summed E-state index contributed by atoms with van der Waals surface area (Å²) in [5.74, 6) is 0.521. The number of nitrogens with one attached hydrogen (secondary N) is 1. The van der Waals surface area contributed by atoms with E-state index >= 15 is 0 Å². The SMILES string of the molecule is COc1cc(CN(C(=O)NCCc2ccccn2)C2CC2)ccc1O. The van der Waals surface area contributed by atoms with Crippen LogP contribution < -0.4 is 10.1 Å². The van der Waals surface area contributed by atoms with Gasteiger partial charge in [-0.2, -0.15) is 0 Å². The number of rotatable bonds is 7. The highest BCUT2D eigenvalue weighted by Gasteiger charge is 2.32. The minimum absolute atomic E-state index is 0.0644. The summed E-state index contributed by atoms with van der Waals surface area (Å²) in [6, 6.07) is 11.2. The van der Waals surface area contributed by atoms with Crippen LogP contribution in [0.5, 0.6) is 11.5 Å². The van der Waals surface area contributed by atoms with E-state index in [9.17, 15) is 9.90 Å². The Balaban J connectivity index is 1.58. The van der Waals surface area contributed by atoms with Gasteiger partial charge in [-0.05, 0) is 42.7 Å². The Labute approximate surface area is 147 Å². The van der Waals surface area contributed by atoms with E-state index in [0.717, 1.165) is 24.1 Å². The highest BCUT2D eigenvalue weighted by atomic mass is 16.5. The number of ether oxygens (including phenoxy) is 1. The van der Waals surface area contributed by atoms with Crippen LogP contribution in [-0.2, 0) is 13.0 Å². The van der Waals surface area contributed by atoms with Crippen molar-refractivity contribution in [2.75, 3.05) is 13.7 Å². The van der Waals surface area contributed by atoms with Crippen LogP contribution in [0.15, 0.2) is 42.6 Å². The number of benzene rings is 1. The highest BCUT2D eigenvalue weighted by molar-refractivity contribution is 5.75. The maximum Gasteiger partial charge on any atom is 0.317 e. The average molecular weight is 341 g/mol. The number of hydrogen-bond donors (Lipinski definition) is 2. The van der Waals surface area contributed by atoms with E-state index in [-0.39, 0.29) is 17.8 Å². The monoisotopic (exact) mass is 341 g/mol. The Morgan fingerprint density at radius 2 is 2.20 bits per heavy atom. The molecule has 1 fully saturated rings. The zero-order chi connectivity index (χ0) is 17.6. The van der Waals surface area contributed by atoms with Gasteiger partial charge in [0.25, 0.3) is 0 Å². The summed E-state index contributed by atoms with van der Waals surface area (Å²) in [4.78, 5) is 18.7. The summed E-state index contributed by atoms with van der Waals surface area (Å²) in [6.07, 6.45) is 4.52. The zero-order valence-corrected chi connectivity index (χ0v) is 14.3. The van der Waals surface area contributed by atoms with Gasteiger partial charge in [0.2, 0.25) is 0 Å². The molecule has 0 atom stereocenters. The van der Waals surface area contributed by atoms with Crippen LogP contribution >= 0.6 is 0 Å². The number of carbonyl (C=O) groups is 1. The fraction of sp³-hybridized carbons (Fsp3) is 0.368. The molecule has 6 heteroatoms. The van der Waals surface area contributed by atoms with Gasteiger partial charge in [0.05, 0.1) is 7.11 Å². The number of urea groups is 1. The van der Waals surface area contributed by atoms with Crippen molar-refractivity contribution >= 4 is 6.03 Å². The molecule has 1 saturated carbocycles. The van der Waals surface area contributed by atoms with Gasteiger partial charge in [0.1, 0.15) is 0 Å². The van der Waals surface area contributed by atoms with Gasteiger partial charge >= 0.3 is 6.03 Å². The van der Waals surface area contributed by atoms with Crippen LogP contribution in [0.2, 0.25) is 0 Å². The molecule has 2 amide bonds. The molecule has 0 radical (unpaired) electrons. The molecular weight excluding hydrogens is 318 g/mol. The number of amides is 2. The smallest absolute Gasteiger partial charge is 0.317 e. The molecule has 0 spiro atoms. The number of aromatic nitrogens is 1. The summed E-state index contributed by atoms with van der Waals surface area (Å²) in [5, 5.41) is 12.7. The van der Waals surface area contributed by atoms with Crippen LogP contribution in [0.4, 0.5) is 4.79 Å². The molecule has 0 bridgehead atoms. The van der Waals surface area contributed by atoms with Crippen LogP contribution in [0, 0.1) is 0 Å². The third kappa shape index (κ3) is 4.62. The first kappa shape index (κ1) is 17.1. The molecule has 132 valence electrons. The van der Waals surface area contributed by atoms with Crippen molar-refractivity contribution in [2.45, 2.75) is 31.8 Å². The van der Waals surface area contributed by atoms with E-state index in [1.165, 1.54) is 7.11 Å². The highest BCUT2D eigenvalue weighted by Crippen LogP contribution is 2.31. The predicted octanol–water partition coefficient (Wildman–Crippen LogP) is 2.71. The molecule has 0 unspecified atom stereocenters. The van der Waals surface area contributed by atoms with Gasteiger partial charge in [-0.1, -0.05) is 12.1 Å². The summed E-state index contributed by atoms with van der Waals surface area (Å²) < 4.78 is 5.14. The molecule has 1 aromatic carbocycles. The minimum atomic E-state index is -0.0644. The maximum atomic E-state index is 12.6. The Morgan fingerprint density at radius 1 is 1.36 bits per heavy atom. The molecule has 1 aromatic heterocycles. The quantitative estimate of drug-likeness (QED) is 0.812. The number of pyridine rings is 1. The lowest BCUT2D eigenvalue weighted by Gasteiger charge is -2.23.